The van der Waals surface area contributed by atoms with Gasteiger partial charge in [0.2, 0.25) is 11.9 Å². The Hall–Kier alpha value is -3.14. The number of thioether (sulfide) groups is 1. The van der Waals surface area contributed by atoms with Crippen LogP contribution in [0.1, 0.15) is 30.6 Å². The van der Waals surface area contributed by atoms with E-state index in [4.69, 9.17) is 13.9 Å². The molecule has 34 heavy (non-hydrogen) atoms. The molecule has 9 nitrogen and oxygen atoms in total. The molecular formula is C24H31N5O4S. The smallest absolute Gasteiger partial charge is 0.233 e. The zero-order valence-corrected chi connectivity index (χ0v) is 20.7. The van der Waals surface area contributed by atoms with Crippen molar-refractivity contribution >= 4 is 23.6 Å². The minimum absolute atomic E-state index is 0.00635. The van der Waals surface area contributed by atoms with Crippen LogP contribution in [0.3, 0.4) is 0 Å². The van der Waals surface area contributed by atoms with Crippen molar-refractivity contribution in [2.45, 2.75) is 37.5 Å². The van der Waals surface area contributed by atoms with Gasteiger partial charge in [0, 0.05) is 26.7 Å². The molecule has 0 radical (unpaired) electrons. The van der Waals surface area contributed by atoms with Crippen molar-refractivity contribution in [2.75, 3.05) is 45.0 Å². The summed E-state index contributed by atoms with van der Waals surface area (Å²) in [6, 6.07) is 9.49. The lowest BCUT2D eigenvalue weighted by molar-refractivity contribution is -0.127. The number of nitrogens with zero attached hydrogens (tertiary/aromatic N) is 5. The Morgan fingerprint density at radius 3 is 2.62 bits per heavy atom. The van der Waals surface area contributed by atoms with E-state index < -0.39 is 0 Å². The number of benzene rings is 1. The first-order valence-corrected chi connectivity index (χ1v) is 12.4. The summed E-state index contributed by atoms with van der Waals surface area (Å²) >= 11 is 1.40. The summed E-state index contributed by atoms with van der Waals surface area (Å²) in [5.41, 5.74) is 0.965. The molecule has 3 heterocycles. The molecule has 1 aromatic carbocycles. The van der Waals surface area contributed by atoms with E-state index in [-0.39, 0.29) is 11.7 Å². The number of amides is 1. The van der Waals surface area contributed by atoms with Gasteiger partial charge in [0.05, 0.1) is 32.8 Å². The molecule has 1 aliphatic rings. The normalized spacial score (nSPS) is 13.7. The van der Waals surface area contributed by atoms with Crippen molar-refractivity contribution in [1.29, 1.82) is 0 Å². The monoisotopic (exact) mass is 485 g/mol. The first kappa shape index (κ1) is 24.0. The highest BCUT2D eigenvalue weighted by Gasteiger charge is 2.22. The van der Waals surface area contributed by atoms with Gasteiger partial charge in [-0.25, -0.2) is 0 Å². The fraction of sp³-hybridized carbons (Fsp3) is 0.458. The molecule has 182 valence electrons. The highest BCUT2D eigenvalue weighted by molar-refractivity contribution is 7.99. The fourth-order valence-corrected chi connectivity index (χ4v) is 4.86. The van der Waals surface area contributed by atoms with Gasteiger partial charge >= 0.3 is 0 Å². The lowest BCUT2D eigenvalue weighted by atomic mass is 10.1. The lowest BCUT2D eigenvalue weighted by Gasteiger charge is -2.27. The van der Waals surface area contributed by atoms with E-state index in [1.807, 2.05) is 30.3 Å². The largest absolute Gasteiger partial charge is 0.493 e. The maximum absolute atomic E-state index is 12.9. The number of hydrogen-bond donors (Lipinski definition) is 0. The molecule has 10 heteroatoms. The molecule has 1 fully saturated rings. The summed E-state index contributed by atoms with van der Waals surface area (Å²) in [6.07, 6.45) is 5.20. The van der Waals surface area contributed by atoms with Crippen LogP contribution in [0.25, 0.3) is 0 Å². The average Bonchev–Trinajstić information content (AvgIpc) is 3.53. The Morgan fingerprint density at radius 1 is 1.12 bits per heavy atom. The number of rotatable bonds is 10. The number of carbonyl (C=O) groups excluding carboxylic acids is 1. The molecule has 4 rings (SSSR count). The Labute approximate surface area is 204 Å². The molecule has 0 spiro atoms. The van der Waals surface area contributed by atoms with E-state index in [0.29, 0.717) is 29.7 Å². The minimum atomic E-state index is 0.00635. The summed E-state index contributed by atoms with van der Waals surface area (Å²) in [7, 11) is 5.00. The lowest BCUT2D eigenvalue weighted by Crippen LogP contribution is -2.32. The molecule has 2 aromatic heterocycles. The number of furan rings is 1. The summed E-state index contributed by atoms with van der Waals surface area (Å²) in [5.74, 6) is 3.25. The van der Waals surface area contributed by atoms with Crippen molar-refractivity contribution in [3.05, 3.63) is 47.9 Å². The molecule has 0 bridgehead atoms. The maximum Gasteiger partial charge on any atom is 0.233 e. The molecule has 0 aliphatic carbocycles. The van der Waals surface area contributed by atoms with Crippen LogP contribution in [0.4, 0.5) is 5.95 Å². The van der Waals surface area contributed by atoms with Crippen LogP contribution in [0.2, 0.25) is 0 Å². The predicted molar refractivity (Wildman–Crippen MR) is 131 cm³/mol. The van der Waals surface area contributed by atoms with E-state index >= 15 is 0 Å². The van der Waals surface area contributed by atoms with Crippen molar-refractivity contribution in [2.24, 2.45) is 0 Å². The van der Waals surface area contributed by atoms with Crippen molar-refractivity contribution < 1.29 is 18.7 Å². The summed E-state index contributed by atoms with van der Waals surface area (Å²) in [4.78, 5) is 16.9. The Kier molecular flexibility index (Phi) is 7.99. The number of anilines is 1. The van der Waals surface area contributed by atoms with E-state index in [1.54, 1.807) is 32.4 Å². The van der Waals surface area contributed by atoms with Gasteiger partial charge in [0.25, 0.3) is 0 Å². The molecule has 0 unspecified atom stereocenters. The third-order valence-corrected chi connectivity index (χ3v) is 6.80. The molecule has 0 atom stereocenters. The number of methoxy groups -OCH3 is 2. The second kappa shape index (κ2) is 11.3. The van der Waals surface area contributed by atoms with Gasteiger partial charge in [0.15, 0.2) is 16.7 Å². The van der Waals surface area contributed by atoms with E-state index in [1.165, 1.54) is 18.2 Å². The van der Waals surface area contributed by atoms with E-state index in [2.05, 4.69) is 19.7 Å². The minimum Gasteiger partial charge on any atom is -0.493 e. The molecule has 3 aromatic rings. The molecule has 0 N–H and O–H groups in total. The summed E-state index contributed by atoms with van der Waals surface area (Å²) in [6.45, 7) is 2.93. The van der Waals surface area contributed by atoms with Crippen LogP contribution >= 0.6 is 11.8 Å². The van der Waals surface area contributed by atoms with Gasteiger partial charge < -0.3 is 23.7 Å². The molecule has 0 saturated carbocycles. The van der Waals surface area contributed by atoms with Gasteiger partial charge in [-0.05, 0) is 49.1 Å². The van der Waals surface area contributed by atoms with Crippen LogP contribution in [0.15, 0.2) is 46.2 Å². The van der Waals surface area contributed by atoms with Crippen LogP contribution in [-0.4, -0.2) is 65.7 Å². The Balaban J connectivity index is 1.42. The standard InChI is InChI=1S/C24H31N5O4S/c1-27(15-18-9-10-20(31-2)21(14-18)32-3)22(30)17-34-24-26-25-23(28-11-5-4-6-12-28)29(24)16-19-8-7-13-33-19/h7-10,13-14H,4-6,11-12,15-17H2,1-3H3. The van der Waals surface area contributed by atoms with Gasteiger partial charge in [-0.15, -0.1) is 10.2 Å². The van der Waals surface area contributed by atoms with Gasteiger partial charge in [-0.1, -0.05) is 17.8 Å². The van der Waals surface area contributed by atoms with Crippen molar-refractivity contribution in [3.63, 3.8) is 0 Å². The maximum atomic E-state index is 12.9. The summed E-state index contributed by atoms with van der Waals surface area (Å²) in [5, 5.41) is 9.61. The van der Waals surface area contributed by atoms with E-state index in [0.717, 1.165) is 43.2 Å². The first-order valence-electron chi connectivity index (χ1n) is 11.4. The van der Waals surface area contributed by atoms with E-state index in [9.17, 15) is 4.79 Å². The third kappa shape index (κ3) is 5.67. The third-order valence-electron chi connectivity index (χ3n) is 5.85. The zero-order chi connectivity index (χ0) is 23.9. The quantitative estimate of drug-likeness (QED) is 0.402. The molecule has 1 amide bonds. The molecule has 1 saturated heterocycles. The second-order valence-corrected chi connectivity index (χ2v) is 9.17. The van der Waals surface area contributed by atoms with Crippen LogP contribution in [-0.2, 0) is 17.9 Å². The van der Waals surface area contributed by atoms with Crippen LogP contribution < -0.4 is 14.4 Å². The van der Waals surface area contributed by atoms with Crippen molar-refractivity contribution in [1.82, 2.24) is 19.7 Å². The average molecular weight is 486 g/mol. The highest BCUT2D eigenvalue weighted by atomic mass is 32.2. The number of aromatic nitrogens is 3. The van der Waals surface area contributed by atoms with Gasteiger partial charge in [0.1, 0.15) is 5.76 Å². The van der Waals surface area contributed by atoms with Crippen molar-refractivity contribution in [3.8, 4) is 11.5 Å². The number of hydrogen-bond acceptors (Lipinski definition) is 8. The van der Waals surface area contributed by atoms with Crippen LogP contribution in [0.5, 0.6) is 11.5 Å². The number of carbonyl (C=O) groups is 1. The predicted octanol–water partition coefficient (Wildman–Crippen LogP) is 3.68. The molecule has 1 aliphatic heterocycles. The number of ether oxygens (including phenoxy) is 2. The first-order chi connectivity index (χ1) is 16.6. The Morgan fingerprint density at radius 2 is 1.91 bits per heavy atom. The summed E-state index contributed by atoms with van der Waals surface area (Å²) < 4.78 is 18.3. The highest BCUT2D eigenvalue weighted by Crippen LogP contribution is 2.29. The topological polar surface area (TPSA) is 85.9 Å². The van der Waals surface area contributed by atoms with Gasteiger partial charge in [-0.2, -0.15) is 0 Å². The van der Waals surface area contributed by atoms with Gasteiger partial charge in [-0.3, -0.25) is 9.36 Å². The second-order valence-electron chi connectivity index (χ2n) is 8.22. The number of piperidine rings is 1. The zero-order valence-electron chi connectivity index (χ0n) is 19.9. The molecular weight excluding hydrogens is 454 g/mol. The fourth-order valence-electron chi connectivity index (χ4n) is 3.99. The SMILES string of the molecule is COc1ccc(CN(C)C(=O)CSc2nnc(N3CCCCC3)n2Cc2ccco2)cc1OC. The van der Waals surface area contributed by atoms with Crippen LogP contribution in [0, 0.1) is 0 Å². The Bertz CT molecular complexity index is 1080.